The lowest BCUT2D eigenvalue weighted by atomic mass is 9.93. The maximum absolute atomic E-state index is 12.5. The molecule has 0 saturated heterocycles. The molecule has 1 amide bonds. The highest BCUT2D eigenvalue weighted by Gasteiger charge is 2.18. The maximum Gasteiger partial charge on any atom is 0.223 e. The van der Waals surface area contributed by atoms with E-state index in [1.165, 1.54) is 11.1 Å². The minimum Gasteiger partial charge on any atom is -0.393 e. The van der Waals surface area contributed by atoms with Crippen LogP contribution in [-0.4, -0.2) is 23.7 Å². The third-order valence-corrected chi connectivity index (χ3v) is 4.53. The molecule has 0 heterocycles. The van der Waals surface area contributed by atoms with Gasteiger partial charge in [-0.1, -0.05) is 67.1 Å². The summed E-state index contributed by atoms with van der Waals surface area (Å²) < 4.78 is 0. The van der Waals surface area contributed by atoms with E-state index < -0.39 is 6.10 Å². The Morgan fingerprint density at radius 3 is 2.28 bits per heavy atom. The van der Waals surface area contributed by atoms with Crippen molar-refractivity contribution in [3.8, 4) is 0 Å². The smallest absolute Gasteiger partial charge is 0.223 e. The van der Waals surface area contributed by atoms with E-state index in [9.17, 15) is 9.90 Å². The minimum absolute atomic E-state index is 0.0621. The fraction of sp³-hybridized carbons (Fsp3) is 0.409. The zero-order valence-electron chi connectivity index (χ0n) is 15.4. The highest BCUT2D eigenvalue weighted by molar-refractivity contribution is 5.78. The summed E-state index contributed by atoms with van der Waals surface area (Å²) in [5.41, 5.74) is 3.55. The molecule has 0 saturated carbocycles. The molecule has 2 rings (SSSR count). The molecule has 0 spiro atoms. The number of hydrogen-bond donors (Lipinski definition) is 2. The van der Waals surface area contributed by atoms with Crippen molar-refractivity contribution in [1.82, 2.24) is 5.32 Å². The summed E-state index contributed by atoms with van der Waals surface area (Å²) in [5.74, 6) is 0.106. The average Bonchev–Trinajstić information content (AvgIpc) is 2.60. The zero-order valence-corrected chi connectivity index (χ0v) is 15.4. The van der Waals surface area contributed by atoms with Crippen LogP contribution in [0.15, 0.2) is 54.6 Å². The second-order valence-electron chi connectivity index (χ2n) is 7.03. The third-order valence-electron chi connectivity index (χ3n) is 4.53. The van der Waals surface area contributed by atoms with E-state index in [1.54, 1.807) is 6.92 Å². The number of rotatable bonds is 8. The van der Waals surface area contributed by atoms with Gasteiger partial charge in [0.25, 0.3) is 0 Å². The van der Waals surface area contributed by atoms with E-state index in [-0.39, 0.29) is 17.7 Å². The fourth-order valence-corrected chi connectivity index (χ4v) is 3.04. The van der Waals surface area contributed by atoms with Gasteiger partial charge in [-0.2, -0.15) is 0 Å². The molecule has 134 valence electrons. The Labute approximate surface area is 151 Å². The number of carbonyl (C=O) groups is 1. The van der Waals surface area contributed by atoms with Crippen LogP contribution in [0, 0.1) is 12.8 Å². The average molecular weight is 339 g/mol. The van der Waals surface area contributed by atoms with E-state index in [1.807, 2.05) is 25.1 Å². The summed E-state index contributed by atoms with van der Waals surface area (Å²) in [7, 11) is 0. The molecule has 3 heteroatoms. The lowest BCUT2D eigenvalue weighted by molar-refractivity contribution is -0.124. The first-order valence-corrected chi connectivity index (χ1v) is 9.02. The van der Waals surface area contributed by atoms with Gasteiger partial charge >= 0.3 is 0 Å². The predicted octanol–water partition coefficient (Wildman–Crippen LogP) is 3.84. The predicted molar refractivity (Wildman–Crippen MR) is 103 cm³/mol. The number of nitrogens with one attached hydrogen (secondary N) is 1. The molecule has 3 nitrogen and oxygen atoms in total. The third kappa shape index (κ3) is 6.35. The number of aliphatic hydroxyl groups excluding tert-OH is 1. The summed E-state index contributed by atoms with van der Waals surface area (Å²) in [5, 5.41) is 12.8. The topological polar surface area (TPSA) is 49.3 Å². The summed E-state index contributed by atoms with van der Waals surface area (Å²) >= 11 is 0. The van der Waals surface area contributed by atoms with Crippen molar-refractivity contribution in [1.29, 1.82) is 0 Å². The van der Waals surface area contributed by atoms with Crippen LogP contribution < -0.4 is 5.32 Å². The van der Waals surface area contributed by atoms with Crippen molar-refractivity contribution in [3.63, 3.8) is 0 Å². The molecule has 0 aliphatic rings. The number of aryl methyl sites for hydroxylation is 1. The molecule has 0 fully saturated rings. The lowest BCUT2D eigenvalue weighted by Gasteiger charge is -2.21. The Kier molecular flexibility index (Phi) is 7.20. The quantitative estimate of drug-likeness (QED) is 0.767. The molecule has 25 heavy (non-hydrogen) atoms. The Balaban J connectivity index is 1.92. The molecule has 0 bridgehead atoms. The van der Waals surface area contributed by atoms with Crippen LogP contribution in [0.25, 0.3) is 0 Å². The van der Waals surface area contributed by atoms with Gasteiger partial charge in [-0.3, -0.25) is 4.79 Å². The maximum atomic E-state index is 12.5. The first-order chi connectivity index (χ1) is 12.0. The zero-order chi connectivity index (χ0) is 18.2. The Morgan fingerprint density at radius 1 is 1.04 bits per heavy atom. The molecule has 3 unspecified atom stereocenters. The van der Waals surface area contributed by atoms with E-state index in [2.05, 4.69) is 48.6 Å². The Morgan fingerprint density at radius 2 is 1.68 bits per heavy atom. The van der Waals surface area contributed by atoms with E-state index >= 15 is 0 Å². The van der Waals surface area contributed by atoms with Crippen molar-refractivity contribution in [3.05, 3.63) is 71.3 Å². The summed E-state index contributed by atoms with van der Waals surface area (Å²) in [4.78, 5) is 12.5. The van der Waals surface area contributed by atoms with Gasteiger partial charge < -0.3 is 10.4 Å². The molecule has 0 aliphatic heterocycles. The van der Waals surface area contributed by atoms with Crippen LogP contribution in [0.3, 0.4) is 0 Å². The second-order valence-corrected chi connectivity index (χ2v) is 7.03. The van der Waals surface area contributed by atoms with Crippen LogP contribution in [0.1, 0.15) is 42.9 Å². The molecular formula is C22H29NO2. The first-order valence-electron chi connectivity index (χ1n) is 9.02. The van der Waals surface area contributed by atoms with Gasteiger partial charge in [0.15, 0.2) is 0 Å². The van der Waals surface area contributed by atoms with Crippen LogP contribution in [0.2, 0.25) is 0 Å². The fourth-order valence-electron chi connectivity index (χ4n) is 3.04. The van der Waals surface area contributed by atoms with Crippen molar-refractivity contribution < 1.29 is 9.90 Å². The monoisotopic (exact) mass is 339 g/mol. The minimum atomic E-state index is -0.396. The SMILES string of the molecule is Cc1ccc(CC(C)C(=O)NCC(CC(C)O)c2ccccc2)cc1. The number of carbonyl (C=O) groups excluding carboxylic acids is 1. The molecule has 2 aromatic carbocycles. The Bertz CT molecular complexity index is 649. The molecule has 0 radical (unpaired) electrons. The number of hydrogen-bond acceptors (Lipinski definition) is 2. The largest absolute Gasteiger partial charge is 0.393 e. The van der Waals surface area contributed by atoms with Crippen molar-refractivity contribution in [2.45, 2.75) is 45.6 Å². The van der Waals surface area contributed by atoms with Crippen LogP contribution >= 0.6 is 0 Å². The highest BCUT2D eigenvalue weighted by atomic mass is 16.3. The van der Waals surface area contributed by atoms with Gasteiger partial charge in [0, 0.05) is 18.4 Å². The van der Waals surface area contributed by atoms with Gasteiger partial charge in [0.05, 0.1) is 6.10 Å². The number of amides is 1. The van der Waals surface area contributed by atoms with Crippen LogP contribution in [0.4, 0.5) is 0 Å². The lowest BCUT2D eigenvalue weighted by Crippen LogP contribution is -2.34. The molecule has 0 aromatic heterocycles. The van der Waals surface area contributed by atoms with Crippen molar-refractivity contribution in [2.24, 2.45) is 5.92 Å². The molecular weight excluding hydrogens is 310 g/mol. The van der Waals surface area contributed by atoms with E-state index in [4.69, 9.17) is 0 Å². The number of aliphatic hydroxyl groups is 1. The standard InChI is InChI=1S/C22H29NO2/c1-16-9-11-19(12-10-16)13-17(2)22(25)23-15-21(14-18(3)24)20-7-5-4-6-8-20/h4-12,17-18,21,24H,13-15H2,1-3H3,(H,23,25). The Hall–Kier alpha value is -2.13. The second kappa shape index (κ2) is 9.38. The summed E-state index contributed by atoms with van der Waals surface area (Å²) in [6.07, 6.45) is 0.974. The van der Waals surface area contributed by atoms with Gasteiger partial charge in [-0.05, 0) is 37.8 Å². The van der Waals surface area contributed by atoms with Crippen molar-refractivity contribution >= 4 is 5.91 Å². The normalized spacial score (nSPS) is 14.6. The van der Waals surface area contributed by atoms with Crippen LogP contribution in [-0.2, 0) is 11.2 Å². The van der Waals surface area contributed by atoms with Gasteiger partial charge in [0.2, 0.25) is 5.91 Å². The summed E-state index contributed by atoms with van der Waals surface area (Å²) in [6.45, 7) is 6.36. The van der Waals surface area contributed by atoms with Gasteiger partial charge in [0.1, 0.15) is 0 Å². The molecule has 0 aliphatic carbocycles. The first kappa shape index (κ1) is 19.2. The van der Waals surface area contributed by atoms with Gasteiger partial charge in [-0.15, -0.1) is 0 Å². The molecule has 2 aromatic rings. The molecule has 3 atom stereocenters. The van der Waals surface area contributed by atoms with Crippen LogP contribution in [0.5, 0.6) is 0 Å². The van der Waals surface area contributed by atoms with Crippen molar-refractivity contribution in [2.75, 3.05) is 6.54 Å². The number of benzene rings is 2. The van der Waals surface area contributed by atoms with E-state index in [0.29, 0.717) is 13.0 Å². The van der Waals surface area contributed by atoms with E-state index in [0.717, 1.165) is 12.0 Å². The summed E-state index contributed by atoms with van der Waals surface area (Å²) in [6, 6.07) is 18.4. The highest BCUT2D eigenvalue weighted by Crippen LogP contribution is 2.21. The van der Waals surface area contributed by atoms with Gasteiger partial charge in [-0.25, -0.2) is 0 Å². The molecule has 2 N–H and O–H groups in total.